The predicted octanol–water partition coefficient (Wildman–Crippen LogP) is 6.92. The zero-order chi connectivity index (χ0) is 28.4. The first kappa shape index (κ1) is 27.4. The number of nitrogens with one attached hydrogen (secondary N) is 2. The van der Waals surface area contributed by atoms with E-state index < -0.39 is 6.09 Å². The van der Waals surface area contributed by atoms with Gasteiger partial charge in [0.2, 0.25) is 11.8 Å². The van der Waals surface area contributed by atoms with E-state index in [2.05, 4.69) is 15.6 Å². The first-order valence-electron chi connectivity index (χ1n) is 13.4. The fourth-order valence-corrected chi connectivity index (χ4v) is 5.66. The van der Waals surface area contributed by atoms with Crippen molar-refractivity contribution in [2.45, 2.75) is 45.6 Å². The van der Waals surface area contributed by atoms with E-state index in [-0.39, 0.29) is 23.8 Å². The zero-order valence-electron chi connectivity index (χ0n) is 22.4. The molecular weight excluding hydrogens is 528 g/mol. The fraction of sp³-hybridized carbons (Fsp3) is 0.290. The number of fused-ring (bicyclic) bond motifs is 4. The topological polar surface area (TPSA) is 112 Å². The van der Waals surface area contributed by atoms with Crippen LogP contribution < -0.4 is 10.6 Å². The number of benzene rings is 2. The number of carbonyl (C=O) groups excluding carboxylic acids is 2. The van der Waals surface area contributed by atoms with E-state index in [0.717, 1.165) is 39.9 Å². The summed E-state index contributed by atoms with van der Waals surface area (Å²) in [5.74, 6) is -0.483. The van der Waals surface area contributed by atoms with Crippen molar-refractivity contribution in [1.82, 2.24) is 9.88 Å². The molecule has 8 nitrogen and oxygen atoms in total. The van der Waals surface area contributed by atoms with Crippen molar-refractivity contribution in [3.63, 3.8) is 0 Å². The summed E-state index contributed by atoms with van der Waals surface area (Å²) in [5.41, 5.74) is 6.24. The highest BCUT2D eigenvalue weighted by atomic mass is 35.5. The molecule has 3 amide bonds. The van der Waals surface area contributed by atoms with Crippen LogP contribution in [0.5, 0.6) is 0 Å². The summed E-state index contributed by atoms with van der Waals surface area (Å²) in [7, 11) is 0. The van der Waals surface area contributed by atoms with Gasteiger partial charge in [-0.25, -0.2) is 4.79 Å². The summed E-state index contributed by atoms with van der Waals surface area (Å²) in [5, 5.41) is 15.1. The minimum absolute atomic E-state index is 0.0690. The molecule has 40 heavy (non-hydrogen) atoms. The fourth-order valence-electron chi connectivity index (χ4n) is 5.48. The zero-order valence-corrected chi connectivity index (χ0v) is 23.2. The van der Waals surface area contributed by atoms with Crippen LogP contribution in [0.25, 0.3) is 16.7 Å². The van der Waals surface area contributed by atoms with Crippen LogP contribution in [0.1, 0.15) is 55.5 Å². The minimum atomic E-state index is -1.18. The molecule has 3 N–H and O–H groups in total. The first-order chi connectivity index (χ1) is 19.2. The van der Waals surface area contributed by atoms with Crippen molar-refractivity contribution < 1.29 is 19.5 Å². The lowest BCUT2D eigenvalue weighted by molar-refractivity contribution is -0.129. The number of halogens is 1. The highest BCUT2D eigenvalue weighted by Gasteiger charge is 2.30. The molecule has 2 aliphatic rings. The Balaban J connectivity index is 1.52. The molecule has 3 heterocycles. The van der Waals surface area contributed by atoms with Crippen LogP contribution in [0.4, 0.5) is 16.2 Å². The summed E-state index contributed by atoms with van der Waals surface area (Å²) in [6.45, 7) is 4.44. The smallest absolute Gasteiger partial charge is 0.409 e. The molecule has 1 aromatic heterocycles. The van der Waals surface area contributed by atoms with Crippen LogP contribution in [0.2, 0.25) is 5.02 Å². The van der Waals surface area contributed by atoms with Gasteiger partial charge >= 0.3 is 6.09 Å². The van der Waals surface area contributed by atoms with Crippen molar-refractivity contribution in [3.8, 4) is 11.1 Å². The van der Waals surface area contributed by atoms with Crippen LogP contribution in [-0.2, 0) is 9.59 Å². The van der Waals surface area contributed by atoms with Gasteiger partial charge in [-0.3, -0.25) is 19.9 Å². The molecule has 0 unspecified atom stereocenters. The Morgan fingerprint density at radius 3 is 2.70 bits per heavy atom. The predicted molar refractivity (Wildman–Crippen MR) is 156 cm³/mol. The molecule has 2 aromatic carbocycles. The van der Waals surface area contributed by atoms with Gasteiger partial charge in [0.25, 0.3) is 0 Å². The van der Waals surface area contributed by atoms with Crippen molar-refractivity contribution in [2.24, 2.45) is 5.92 Å². The Morgan fingerprint density at radius 1 is 1.10 bits per heavy atom. The van der Waals surface area contributed by atoms with Crippen LogP contribution in [0, 0.1) is 12.8 Å². The van der Waals surface area contributed by atoms with E-state index in [4.69, 9.17) is 16.7 Å². The number of carboxylic acid groups (broad SMARTS) is 1. The molecule has 3 aromatic rings. The maximum absolute atomic E-state index is 13.6. The van der Waals surface area contributed by atoms with Crippen molar-refractivity contribution in [3.05, 3.63) is 82.6 Å². The Labute approximate surface area is 238 Å². The third-order valence-corrected chi connectivity index (χ3v) is 7.88. The van der Waals surface area contributed by atoms with Gasteiger partial charge < -0.3 is 15.3 Å². The van der Waals surface area contributed by atoms with E-state index in [1.54, 1.807) is 30.5 Å². The van der Waals surface area contributed by atoms with E-state index in [1.165, 1.54) is 0 Å². The van der Waals surface area contributed by atoms with Gasteiger partial charge in [-0.1, -0.05) is 37.1 Å². The molecule has 2 aliphatic heterocycles. The molecule has 9 heteroatoms. The summed E-state index contributed by atoms with van der Waals surface area (Å²) in [6.07, 6.45) is 4.98. The SMILES string of the molecule is Cc1ccc(Cl)cc1C1=CC(=O)N([C@H]2CCC[C@@H](C)C(=O)Nc3cc(NC(=O)O)ccc3-c3ccnc2c3)CC1. The van der Waals surface area contributed by atoms with Gasteiger partial charge in [0.1, 0.15) is 0 Å². The second-order valence-electron chi connectivity index (χ2n) is 10.4. The quantitative estimate of drug-likeness (QED) is 0.323. The normalized spacial score (nSPS) is 19.5. The number of amides is 3. The number of nitrogens with zero attached hydrogens (tertiary/aromatic N) is 2. The lowest BCUT2D eigenvalue weighted by Crippen LogP contribution is -2.38. The van der Waals surface area contributed by atoms with Crippen LogP contribution in [-0.4, -0.2) is 39.4 Å². The Bertz CT molecular complexity index is 1520. The van der Waals surface area contributed by atoms with E-state index >= 15 is 0 Å². The number of hydrogen-bond acceptors (Lipinski definition) is 4. The Kier molecular flexibility index (Phi) is 7.89. The molecular formula is C31H31ClN4O4. The second-order valence-corrected chi connectivity index (χ2v) is 10.8. The van der Waals surface area contributed by atoms with Crippen molar-refractivity contribution >= 4 is 46.5 Å². The van der Waals surface area contributed by atoms with Gasteiger partial charge in [-0.15, -0.1) is 0 Å². The molecule has 2 bridgehead atoms. The molecule has 0 radical (unpaired) electrons. The number of carbonyl (C=O) groups is 3. The first-order valence-corrected chi connectivity index (χ1v) is 13.8. The largest absolute Gasteiger partial charge is 0.465 e. The summed E-state index contributed by atoms with van der Waals surface area (Å²) in [4.78, 5) is 44.4. The van der Waals surface area contributed by atoms with Gasteiger partial charge in [-0.05, 0) is 84.8 Å². The summed E-state index contributed by atoms with van der Waals surface area (Å²) < 4.78 is 0. The van der Waals surface area contributed by atoms with Gasteiger partial charge in [0, 0.05) is 41.0 Å². The van der Waals surface area contributed by atoms with Crippen molar-refractivity contribution in [1.29, 1.82) is 0 Å². The maximum Gasteiger partial charge on any atom is 0.409 e. The standard InChI is InChI=1S/C31H31ClN4O4/c1-18-6-7-22(32)16-25(18)21-11-13-36(29(37)15-21)28-5-3-4-19(2)30(38)35-26-17-23(34-31(39)40)8-9-24(26)20-10-12-33-27(28)14-20/h6-10,12,14-17,19,28,34H,3-5,11,13H2,1-2H3,(H,35,38)(H,39,40)/t19-,28+/m1/s1. The summed E-state index contributed by atoms with van der Waals surface area (Å²) >= 11 is 6.25. The number of aromatic nitrogens is 1. The van der Waals surface area contributed by atoms with Gasteiger partial charge in [-0.2, -0.15) is 0 Å². The Morgan fingerprint density at radius 2 is 1.93 bits per heavy atom. The van der Waals surface area contributed by atoms with Crippen LogP contribution in [0.15, 0.2) is 60.8 Å². The highest BCUT2D eigenvalue weighted by Crippen LogP contribution is 2.37. The van der Waals surface area contributed by atoms with Gasteiger partial charge in [0.05, 0.1) is 17.4 Å². The monoisotopic (exact) mass is 558 g/mol. The molecule has 2 atom stereocenters. The molecule has 0 spiro atoms. The number of hydrogen-bond donors (Lipinski definition) is 3. The average molecular weight is 559 g/mol. The number of aryl methyl sites for hydroxylation is 1. The minimum Gasteiger partial charge on any atom is -0.465 e. The molecule has 5 rings (SSSR count). The maximum atomic E-state index is 13.6. The lowest BCUT2D eigenvalue weighted by atomic mass is 9.92. The number of anilines is 2. The number of rotatable bonds is 3. The van der Waals surface area contributed by atoms with Gasteiger partial charge in [0.15, 0.2) is 0 Å². The summed E-state index contributed by atoms with van der Waals surface area (Å²) in [6, 6.07) is 14.3. The molecule has 0 saturated heterocycles. The third-order valence-electron chi connectivity index (χ3n) is 7.65. The molecule has 206 valence electrons. The van der Waals surface area contributed by atoms with Crippen molar-refractivity contribution in [2.75, 3.05) is 17.2 Å². The molecule has 0 fully saturated rings. The average Bonchev–Trinajstić information content (AvgIpc) is 2.92. The lowest BCUT2D eigenvalue weighted by Gasteiger charge is -2.35. The van der Waals surface area contributed by atoms with E-state index in [1.807, 2.05) is 49.1 Å². The molecule has 0 aliphatic carbocycles. The van der Waals surface area contributed by atoms with Crippen LogP contribution in [0.3, 0.4) is 0 Å². The van der Waals surface area contributed by atoms with Crippen LogP contribution >= 0.6 is 11.6 Å². The third kappa shape index (κ3) is 5.87. The highest BCUT2D eigenvalue weighted by molar-refractivity contribution is 6.30. The van der Waals surface area contributed by atoms with E-state index in [9.17, 15) is 14.4 Å². The number of pyridine rings is 1. The molecule has 0 saturated carbocycles. The van der Waals surface area contributed by atoms with E-state index in [0.29, 0.717) is 42.2 Å². The second kappa shape index (κ2) is 11.5. The Hall–Kier alpha value is -4.17.